The number of anilines is 1. The van der Waals surface area contributed by atoms with Crippen LogP contribution < -0.4 is 5.32 Å². The summed E-state index contributed by atoms with van der Waals surface area (Å²) in [6.07, 6.45) is 3.81. The van der Waals surface area contributed by atoms with Crippen LogP contribution in [0.25, 0.3) is 5.52 Å². The largest absolute Gasteiger partial charge is 0.361 e. The van der Waals surface area contributed by atoms with Crippen LogP contribution in [-0.2, 0) is 9.84 Å². The highest BCUT2D eigenvalue weighted by atomic mass is 32.2. The molecule has 4 rings (SSSR count). The summed E-state index contributed by atoms with van der Waals surface area (Å²) in [6, 6.07) is 6.22. The molecule has 0 spiro atoms. The van der Waals surface area contributed by atoms with E-state index < -0.39 is 9.84 Å². The second-order valence-electron chi connectivity index (χ2n) is 7.67. The van der Waals surface area contributed by atoms with Crippen LogP contribution in [0.3, 0.4) is 0 Å². The van der Waals surface area contributed by atoms with Gasteiger partial charge < -0.3 is 10.2 Å². The fourth-order valence-electron chi connectivity index (χ4n) is 3.85. The van der Waals surface area contributed by atoms with Gasteiger partial charge in [-0.3, -0.25) is 4.79 Å². The maximum Gasteiger partial charge on any atom is 0.255 e. The maximum absolute atomic E-state index is 13.3. The van der Waals surface area contributed by atoms with E-state index in [0.717, 1.165) is 17.5 Å². The number of aryl methyl sites for hydroxylation is 1. The van der Waals surface area contributed by atoms with E-state index in [1.165, 1.54) is 18.5 Å². The first kappa shape index (κ1) is 24.6. The van der Waals surface area contributed by atoms with Crippen molar-refractivity contribution in [3.05, 3.63) is 59.3 Å². The number of nitrogens with one attached hydrogen (secondary N) is 1. The molecule has 0 unspecified atom stereocenters. The van der Waals surface area contributed by atoms with Crippen LogP contribution >= 0.6 is 0 Å². The fourth-order valence-corrected chi connectivity index (χ4v) is 5.05. The van der Waals surface area contributed by atoms with Crippen molar-refractivity contribution >= 4 is 27.1 Å². The third kappa shape index (κ3) is 5.32. The summed E-state index contributed by atoms with van der Waals surface area (Å²) in [4.78, 5) is 19.0. The summed E-state index contributed by atoms with van der Waals surface area (Å²) in [6.45, 7) is 8.22. The van der Waals surface area contributed by atoms with Crippen molar-refractivity contribution in [1.29, 1.82) is 0 Å². The van der Waals surface area contributed by atoms with E-state index in [-0.39, 0.29) is 42.4 Å². The van der Waals surface area contributed by atoms with E-state index >= 15 is 0 Å². The van der Waals surface area contributed by atoms with Gasteiger partial charge in [-0.25, -0.2) is 22.3 Å². The Morgan fingerprint density at radius 1 is 1.18 bits per heavy atom. The molecule has 33 heavy (non-hydrogen) atoms. The van der Waals surface area contributed by atoms with E-state index in [0.29, 0.717) is 16.9 Å². The third-order valence-electron chi connectivity index (χ3n) is 5.68. The van der Waals surface area contributed by atoms with E-state index in [4.69, 9.17) is 0 Å². The number of halogens is 1. The van der Waals surface area contributed by atoms with Crippen LogP contribution in [0.4, 0.5) is 10.2 Å². The summed E-state index contributed by atoms with van der Waals surface area (Å²) in [5.74, 6) is 0.0267. The number of hydrogen-bond donors (Lipinski definition) is 1. The maximum atomic E-state index is 13.3. The molecular formula is C23H30FN5O3S. The number of rotatable bonds is 5. The van der Waals surface area contributed by atoms with Crippen molar-refractivity contribution in [2.24, 2.45) is 0 Å². The van der Waals surface area contributed by atoms with E-state index in [9.17, 15) is 17.6 Å². The van der Waals surface area contributed by atoms with Gasteiger partial charge in [-0.1, -0.05) is 32.9 Å². The highest BCUT2D eigenvalue weighted by Crippen LogP contribution is 2.28. The first-order chi connectivity index (χ1) is 15.8. The summed E-state index contributed by atoms with van der Waals surface area (Å²) in [5.41, 5.74) is 2.79. The number of hydrogen-bond acceptors (Lipinski definition) is 6. The SMILES string of the molecule is CC.CC[C@@H](Nc1ncnn2cc(C(=O)N3CCS(=O)(=O)CC3)c(C)c12)c1ccc(F)cc1. The third-order valence-corrected chi connectivity index (χ3v) is 7.29. The topological polar surface area (TPSA) is 96.7 Å². The van der Waals surface area contributed by atoms with Crippen molar-refractivity contribution < 1.29 is 17.6 Å². The Morgan fingerprint density at radius 2 is 1.82 bits per heavy atom. The Kier molecular flexibility index (Phi) is 7.68. The first-order valence-electron chi connectivity index (χ1n) is 11.1. The van der Waals surface area contributed by atoms with E-state index in [1.54, 1.807) is 27.7 Å². The van der Waals surface area contributed by atoms with Crippen LogP contribution in [0.1, 0.15) is 54.7 Å². The lowest BCUT2D eigenvalue weighted by Gasteiger charge is -2.26. The predicted octanol–water partition coefficient (Wildman–Crippen LogP) is 3.64. The smallest absolute Gasteiger partial charge is 0.255 e. The summed E-state index contributed by atoms with van der Waals surface area (Å²) in [5, 5.41) is 7.63. The molecule has 3 aromatic rings. The quantitative estimate of drug-likeness (QED) is 0.605. The number of carbonyl (C=O) groups is 1. The van der Waals surface area contributed by atoms with Crippen LogP contribution in [0, 0.1) is 12.7 Å². The average Bonchev–Trinajstić information content (AvgIpc) is 3.16. The van der Waals surface area contributed by atoms with Gasteiger partial charge in [-0.2, -0.15) is 5.10 Å². The van der Waals surface area contributed by atoms with Gasteiger partial charge in [0.05, 0.1) is 23.1 Å². The van der Waals surface area contributed by atoms with Crippen molar-refractivity contribution in [1.82, 2.24) is 19.5 Å². The zero-order valence-electron chi connectivity index (χ0n) is 19.4. The van der Waals surface area contributed by atoms with Gasteiger partial charge >= 0.3 is 0 Å². The van der Waals surface area contributed by atoms with Crippen molar-refractivity contribution in [2.45, 2.75) is 40.2 Å². The van der Waals surface area contributed by atoms with E-state index in [1.807, 2.05) is 27.7 Å². The molecule has 1 saturated heterocycles. The lowest BCUT2D eigenvalue weighted by molar-refractivity contribution is 0.0769. The highest BCUT2D eigenvalue weighted by molar-refractivity contribution is 7.91. The summed E-state index contributed by atoms with van der Waals surface area (Å²) >= 11 is 0. The molecule has 1 aliphatic heterocycles. The summed E-state index contributed by atoms with van der Waals surface area (Å²) in [7, 11) is -3.07. The van der Waals surface area contributed by atoms with Crippen LogP contribution in [0.5, 0.6) is 0 Å². The summed E-state index contributed by atoms with van der Waals surface area (Å²) < 4.78 is 38.3. The molecule has 0 bridgehead atoms. The van der Waals surface area contributed by atoms with Gasteiger partial charge in [-0.15, -0.1) is 0 Å². The van der Waals surface area contributed by atoms with Gasteiger partial charge in [0.2, 0.25) is 0 Å². The lowest BCUT2D eigenvalue weighted by Crippen LogP contribution is -2.43. The first-order valence-corrected chi connectivity index (χ1v) is 13.0. The van der Waals surface area contributed by atoms with Gasteiger partial charge in [0.25, 0.3) is 5.91 Å². The molecule has 1 N–H and O–H groups in total. The molecule has 1 amide bonds. The Bertz CT molecular complexity index is 1210. The molecule has 1 aromatic carbocycles. The zero-order chi connectivity index (χ0) is 24.2. The molecule has 1 atom stereocenters. The number of fused-ring (bicyclic) bond motifs is 1. The van der Waals surface area contributed by atoms with Crippen LogP contribution in [0.2, 0.25) is 0 Å². The second kappa shape index (κ2) is 10.3. The second-order valence-corrected chi connectivity index (χ2v) is 9.97. The Balaban J connectivity index is 0.00000149. The molecular weight excluding hydrogens is 445 g/mol. The average molecular weight is 476 g/mol. The standard InChI is InChI=1S/C21H24FN5O3S.C2H6/c1-3-18(15-4-6-16(22)7-5-15)25-20-19-14(2)17(12-27(19)24-13-23-20)21(28)26-8-10-31(29,30)11-9-26;1-2/h4-7,12-13,18H,3,8-11H2,1-2H3,(H,23,24,25);1-2H3/t18-;/m1./s1. The van der Waals surface area contributed by atoms with Gasteiger partial charge in [0, 0.05) is 19.3 Å². The molecule has 8 nitrogen and oxygen atoms in total. The molecule has 2 aromatic heterocycles. The fraction of sp³-hybridized carbons (Fsp3) is 0.435. The minimum absolute atomic E-state index is 0.0202. The van der Waals surface area contributed by atoms with E-state index in [2.05, 4.69) is 15.4 Å². The number of aromatic nitrogens is 3. The monoisotopic (exact) mass is 475 g/mol. The van der Waals surface area contributed by atoms with Crippen molar-refractivity contribution in [2.75, 3.05) is 29.9 Å². The molecule has 0 radical (unpaired) electrons. The Morgan fingerprint density at radius 3 is 2.42 bits per heavy atom. The predicted molar refractivity (Wildman–Crippen MR) is 127 cm³/mol. The molecule has 178 valence electrons. The molecule has 0 saturated carbocycles. The van der Waals surface area contributed by atoms with Crippen LogP contribution in [-0.4, -0.2) is 58.4 Å². The van der Waals surface area contributed by atoms with Crippen LogP contribution in [0.15, 0.2) is 36.8 Å². The highest BCUT2D eigenvalue weighted by Gasteiger charge is 2.28. The minimum Gasteiger partial charge on any atom is -0.361 e. The number of carbonyl (C=O) groups excluding carboxylic acids is 1. The normalized spacial score (nSPS) is 16.1. The number of nitrogens with zero attached hydrogens (tertiary/aromatic N) is 4. The van der Waals surface area contributed by atoms with Gasteiger partial charge in [0.1, 0.15) is 17.7 Å². The van der Waals surface area contributed by atoms with Gasteiger partial charge in [0.15, 0.2) is 15.7 Å². The minimum atomic E-state index is -3.07. The van der Waals surface area contributed by atoms with Gasteiger partial charge in [-0.05, 0) is 36.6 Å². The number of amides is 1. The molecule has 10 heteroatoms. The Labute approximate surface area is 193 Å². The molecule has 3 heterocycles. The van der Waals surface area contributed by atoms with Crippen molar-refractivity contribution in [3.63, 3.8) is 0 Å². The lowest BCUT2D eigenvalue weighted by atomic mass is 10.0. The Hall–Kier alpha value is -3.01. The molecule has 0 aliphatic carbocycles. The van der Waals surface area contributed by atoms with Crippen molar-refractivity contribution in [3.8, 4) is 0 Å². The molecule has 1 aliphatic rings. The zero-order valence-corrected chi connectivity index (χ0v) is 20.2. The number of benzene rings is 1. The number of sulfone groups is 1. The molecule has 1 fully saturated rings.